The van der Waals surface area contributed by atoms with Crippen LogP contribution >= 0.6 is 0 Å². The number of carbonyl (C=O) groups is 1. The summed E-state index contributed by atoms with van der Waals surface area (Å²) in [5.41, 5.74) is 0.0669. The van der Waals surface area contributed by atoms with E-state index in [0.717, 1.165) is 18.2 Å². The smallest absolute Gasteiger partial charge is 0.339 e. The molecule has 21 heavy (non-hydrogen) atoms. The number of aromatic carboxylic acids is 1. The number of nitro benzene ring substituents is 1. The Morgan fingerprint density at radius 3 is 2.57 bits per heavy atom. The highest BCUT2D eigenvalue weighted by Crippen LogP contribution is 2.34. The summed E-state index contributed by atoms with van der Waals surface area (Å²) in [4.78, 5) is 21.4. The Hall–Kier alpha value is -2.96. The first kappa shape index (κ1) is 14.4. The lowest BCUT2D eigenvalue weighted by atomic mass is 10.2. The predicted molar refractivity (Wildman–Crippen MR) is 71.3 cm³/mol. The number of hydrogen-bond donors (Lipinski definition) is 1. The predicted octanol–water partition coefficient (Wildman–Crippen LogP) is 3.53. The van der Waals surface area contributed by atoms with Gasteiger partial charge < -0.3 is 9.84 Å². The summed E-state index contributed by atoms with van der Waals surface area (Å²) in [6, 6.07) is 7.03. The molecule has 0 aliphatic heterocycles. The van der Waals surface area contributed by atoms with Crippen LogP contribution in [0.15, 0.2) is 36.4 Å². The van der Waals surface area contributed by atoms with Crippen LogP contribution in [-0.2, 0) is 0 Å². The molecule has 108 valence electrons. The molecule has 0 aliphatic carbocycles. The molecule has 0 unspecified atom stereocenters. The zero-order chi connectivity index (χ0) is 15.6. The van der Waals surface area contributed by atoms with Crippen LogP contribution in [0.1, 0.15) is 15.9 Å². The van der Waals surface area contributed by atoms with Crippen molar-refractivity contribution in [3.05, 3.63) is 63.5 Å². The average molecular weight is 291 g/mol. The lowest BCUT2D eigenvalue weighted by Crippen LogP contribution is -2.02. The van der Waals surface area contributed by atoms with Crippen LogP contribution in [-0.4, -0.2) is 16.0 Å². The standard InChI is InChI=1S/C14H10FNO5/c1-8-2-5-11(16(19)20)13(6-8)21-12-7-9(15)3-4-10(12)14(17)18/h2-7H,1H3,(H,17,18). The van der Waals surface area contributed by atoms with E-state index >= 15 is 0 Å². The zero-order valence-corrected chi connectivity index (χ0v) is 10.9. The Morgan fingerprint density at radius 2 is 1.95 bits per heavy atom. The van der Waals surface area contributed by atoms with Gasteiger partial charge in [0.2, 0.25) is 5.75 Å². The number of nitrogens with zero attached hydrogens (tertiary/aromatic N) is 1. The highest BCUT2D eigenvalue weighted by atomic mass is 19.1. The second kappa shape index (κ2) is 5.58. The van der Waals surface area contributed by atoms with Gasteiger partial charge in [0, 0.05) is 12.1 Å². The summed E-state index contributed by atoms with van der Waals surface area (Å²) in [6.07, 6.45) is 0. The van der Waals surface area contributed by atoms with E-state index in [9.17, 15) is 19.3 Å². The van der Waals surface area contributed by atoms with E-state index in [2.05, 4.69) is 0 Å². The molecule has 0 aromatic heterocycles. The van der Waals surface area contributed by atoms with Crippen molar-refractivity contribution in [3.63, 3.8) is 0 Å². The van der Waals surface area contributed by atoms with Crippen LogP contribution in [0.5, 0.6) is 11.5 Å². The van der Waals surface area contributed by atoms with Crippen LogP contribution in [0.2, 0.25) is 0 Å². The molecule has 0 heterocycles. The van der Waals surface area contributed by atoms with Gasteiger partial charge in [-0.2, -0.15) is 0 Å². The third kappa shape index (κ3) is 3.14. The van der Waals surface area contributed by atoms with Crippen LogP contribution in [0, 0.1) is 22.9 Å². The Morgan fingerprint density at radius 1 is 1.24 bits per heavy atom. The highest BCUT2D eigenvalue weighted by molar-refractivity contribution is 5.91. The van der Waals surface area contributed by atoms with E-state index in [1.54, 1.807) is 6.92 Å². The Kier molecular flexibility index (Phi) is 3.84. The first-order chi connectivity index (χ1) is 9.88. The van der Waals surface area contributed by atoms with E-state index in [1.165, 1.54) is 18.2 Å². The number of carboxylic acid groups (broad SMARTS) is 1. The second-order valence-electron chi connectivity index (χ2n) is 4.28. The molecule has 0 saturated carbocycles. The fraction of sp³-hybridized carbons (Fsp3) is 0.0714. The molecular formula is C14H10FNO5. The first-order valence-corrected chi connectivity index (χ1v) is 5.84. The van der Waals surface area contributed by atoms with Crippen molar-refractivity contribution in [2.75, 3.05) is 0 Å². The maximum atomic E-state index is 13.2. The van der Waals surface area contributed by atoms with E-state index < -0.39 is 16.7 Å². The summed E-state index contributed by atoms with van der Waals surface area (Å²) < 4.78 is 18.5. The number of halogens is 1. The molecule has 2 aromatic rings. The number of ether oxygens (including phenoxy) is 1. The monoisotopic (exact) mass is 291 g/mol. The molecule has 0 amide bonds. The average Bonchev–Trinajstić information content (AvgIpc) is 2.38. The lowest BCUT2D eigenvalue weighted by Gasteiger charge is -2.09. The molecule has 0 fully saturated rings. The molecule has 2 rings (SSSR count). The van der Waals surface area contributed by atoms with E-state index in [-0.39, 0.29) is 22.7 Å². The van der Waals surface area contributed by atoms with Gasteiger partial charge in [-0.3, -0.25) is 10.1 Å². The normalized spacial score (nSPS) is 10.2. The molecular weight excluding hydrogens is 281 g/mol. The van der Waals surface area contributed by atoms with Crippen LogP contribution in [0.4, 0.5) is 10.1 Å². The molecule has 0 radical (unpaired) electrons. The summed E-state index contributed by atoms with van der Waals surface area (Å²) >= 11 is 0. The van der Waals surface area contributed by atoms with Crippen molar-refractivity contribution < 1.29 is 24.0 Å². The van der Waals surface area contributed by atoms with Gasteiger partial charge in [-0.25, -0.2) is 9.18 Å². The van der Waals surface area contributed by atoms with Gasteiger partial charge in [0.1, 0.15) is 17.1 Å². The maximum Gasteiger partial charge on any atom is 0.339 e. The molecule has 0 atom stereocenters. The van der Waals surface area contributed by atoms with Crippen LogP contribution in [0.3, 0.4) is 0 Å². The Balaban J connectivity index is 2.52. The van der Waals surface area contributed by atoms with Crippen molar-refractivity contribution in [2.24, 2.45) is 0 Å². The number of nitro groups is 1. The second-order valence-corrected chi connectivity index (χ2v) is 4.28. The zero-order valence-electron chi connectivity index (χ0n) is 10.9. The van der Waals surface area contributed by atoms with Gasteiger partial charge in [-0.15, -0.1) is 0 Å². The summed E-state index contributed by atoms with van der Waals surface area (Å²) in [5.74, 6) is -2.46. The largest absolute Gasteiger partial charge is 0.478 e. The number of hydrogen-bond acceptors (Lipinski definition) is 4. The fourth-order valence-electron chi connectivity index (χ4n) is 1.73. The van der Waals surface area contributed by atoms with Crippen molar-refractivity contribution in [3.8, 4) is 11.5 Å². The SMILES string of the molecule is Cc1ccc([N+](=O)[O-])c(Oc2cc(F)ccc2C(=O)O)c1. The molecule has 0 saturated heterocycles. The fourth-order valence-corrected chi connectivity index (χ4v) is 1.73. The molecule has 1 N–H and O–H groups in total. The molecule has 0 aliphatic rings. The van der Waals surface area contributed by atoms with Crippen LogP contribution < -0.4 is 4.74 Å². The Bertz CT molecular complexity index is 668. The van der Waals surface area contributed by atoms with E-state index in [4.69, 9.17) is 9.84 Å². The van der Waals surface area contributed by atoms with Gasteiger partial charge >= 0.3 is 11.7 Å². The molecule has 0 spiro atoms. The van der Waals surface area contributed by atoms with Crippen molar-refractivity contribution in [2.45, 2.75) is 6.92 Å². The summed E-state index contributed by atoms with van der Waals surface area (Å²) in [5, 5.41) is 20.0. The lowest BCUT2D eigenvalue weighted by molar-refractivity contribution is -0.385. The van der Waals surface area contributed by atoms with Gasteiger partial charge in [0.05, 0.1) is 4.92 Å². The number of aryl methyl sites for hydroxylation is 1. The van der Waals surface area contributed by atoms with Crippen molar-refractivity contribution >= 4 is 11.7 Å². The van der Waals surface area contributed by atoms with Crippen molar-refractivity contribution in [1.29, 1.82) is 0 Å². The topological polar surface area (TPSA) is 89.7 Å². The van der Waals surface area contributed by atoms with Crippen LogP contribution in [0.25, 0.3) is 0 Å². The van der Waals surface area contributed by atoms with Gasteiger partial charge in [-0.1, -0.05) is 6.07 Å². The maximum absolute atomic E-state index is 13.2. The summed E-state index contributed by atoms with van der Waals surface area (Å²) in [7, 11) is 0. The third-order valence-corrected chi connectivity index (χ3v) is 2.71. The van der Waals surface area contributed by atoms with Crippen molar-refractivity contribution in [1.82, 2.24) is 0 Å². The quantitative estimate of drug-likeness (QED) is 0.687. The van der Waals surface area contributed by atoms with Gasteiger partial charge in [-0.05, 0) is 30.7 Å². The molecule has 7 heteroatoms. The molecule has 0 bridgehead atoms. The molecule has 2 aromatic carbocycles. The third-order valence-electron chi connectivity index (χ3n) is 2.71. The minimum Gasteiger partial charge on any atom is -0.478 e. The number of rotatable bonds is 4. The molecule has 6 nitrogen and oxygen atoms in total. The van der Waals surface area contributed by atoms with E-state index in [1.807, 2.05) is 0 Å². The Labute approximate surface area is 118 Å². The summed E-state index contributed by atoms with van der Waals surface area (Å²) in [6.45, 7) is 1.69. The van der Waals surface area contributed by atoms with Gasteiger partial charge in [0.15, 0.2) is 0 Å². The minimum atomic E-state index is -1.32. The number of carboxylic acids is 1. The highest BCUT2D eigenvalue weighted by Gasteiger charge is 2.19. The van der Waals surface area contributed by atoms with Gasteiger partial charge in [0.25, 0.3) is 0 Å². The van der Waals surface area contributed by atoms with E-state index in [0.29, 0.717) is 5.56 Å². The minimum absolute atomic E-state index is 0.145. The first-order valence-electron chi connectivity index (χ1n) is 5.84. The number of benzene rings is 2.